The van der Waals surface area contributed by atoms with E-state index in [2.05, 4.69) is 16.9 Å². The predicted molar refractivity (Wildman–Crippen MR) is 102 cm³/mol. The smallest absolute Gasteiger partial charge is 0.251 e. The third-order valence-corrected chi connectivity index (χ3v) is 4.56. The molecule has 0 fully saturated rings. The van der Waals surface area contributed by atoms with Gasteiger partial charge in [0.2, 0.25) is 0 Å². The van der Waals surface area contributed by atoms with E-state index in [1.54, 1.807) is 11.6 Å². The van der Waals surface area contributed by atoms with E-state index in [4.69, 9.17) is 4.74 Å². The number of nitrogens with zero attached hydrogens (tertiary/aromatic N) is 1. The van der Waals surface area contributed by atoms with Gasteiger partial charge in [0.1, 0.15) is 5.75 Å². The van der Waals surface area contributed by atoms with E-state index < -0.39 is 0 Å². The summed E-state index contributed by atoms with van der Waals surface area (Å²) in [7, 11) is 0. The molecule has 0 saturated heterocycles. The number of rotatable bonds is 8. The lowest BCUT2D eigenvalue weighted by Crippen LogP contribution is -2.22. The van der Waals surface area contributed by atoms with Gasteiger partial charge in [0.15, 0.2) is 0 Å². The fourth-order valence-electron chi connectivity index (χ4n) is 2.44. The summed E-state index contributed by atoms with van der Waals surface area (Å²) in [5.74, 6) is 0.731. The molecule has 3 aromatic rings. The molecule has 0 unspecified atom stereocenters. The van der Waals surface area contributed by atoms with Crippen molar-refractivity contribution in [2.24, 2.45) is 0 Å². The van der Waals surface area contributed by atoms with Crippen LogP contribution in [0.2, 0.25) is 0 Å². The molecule has 0 aliphatic carbocycles. The molecular formula is C20H20N2O2S. The Labute approximate surface area is 151 Å². The average Bonchev–Trinajstić information content (AvgIpc) is 3.11. The van der Waals surface area contributed by atoms with Crippen molar-refractivity contribution in [1.29, 1.82) is 0 Å². The molecule has 0 saturated carbocycles. The zero-order chi connectivity index (χ0) is 17.5. The minimum Gasteiger partial charge on any atom is -0.494 e. The van der Waals surface area contributed by atoms with Crippen molar-refractivity contribution in [3.05, 3.63) is 71.8 Å². The largest absolute Gasteiger partial charge is 0.494 e. The third kappa shape index (κ3) is 4.67. The predicted octanol–water partition coefficient (Wildman–Crippen LogP) is 4.57. The molecule has 1 N–H and O–H groups in total. The maximum absolute atomic E-state index is 12.3. The molecule has 0 bridgehead atoms. The van der Waals surface area contributed by atoms with Crippen LogP contribution in [0.25, 0.3) is 10.2 Å². The van der Waals surface area contributed by atoms with Crippen LogP contribution in [0.1, 0.15) is 28.8 Å². The zero-order valence-electron chi connectivity index (χ0n) is 13.9. The van der Waals surface area contributed by atoms with Gasteiger partial charge >= 0.3 is 0 Å². The molecule has 0 radical (unpaired) electrons. The van der Waals surface area contributed by atoms with Crippen molar-refractivity contribution in [2.45, 2.75) is 19.4 Å². The second-order valence-electron chi connectivity index (χ2n) is 5.64. The quantitative estimate of drug-likeness (QED) is 0.477. The van der Waals surface area contributed by atoms with Crippen LogP contribution in [-0.2, 0) is 6.54 Å². The van der Waals surface area contributed by atoms with Crippen molar-refractivity contribution in [1.82, 2.24) is 10.3 Å². The third-order valence-electron chi connectivity index (χ3n) is 3.77. The number of aromatic nitrogens is 1. The van der Waals surface area contributed by atoms with E-state index in [1.165, 1.54) is 11.3 Å². The van der Waals surface area contributed by atoms with Gasteiger partial charge in [0.25, 0.3) is 5.91 Å². The van der Waals surface area contributed by atoms with E-state index >= 15 is 0 Å². The highest BCUT2D eigenvalue weighted by Gasteiger charge is 2.07. The molecule has 2 aromatic carbocycles. The van der Waals surface area contributed by atoms with Crippen LogP contribution < -0.4 is 10.1 Å². The van der Waals surface area contributed by atoms with Gasteiger partial charge in [0, 0.05) is 12.1 Å². The van der Waals surface area contributed by atoms with Gasteiger partial charge in [-0.2, -0.15) is 0 Å². The first-order valence-electron chi connectivity index (χ1n) is 8.20. The molecule has 1 amide bonds. The lowest BCUT2D eigenvalue weighted by molar-refractivity contribution is 0.0951. The zero-order valence-corrected chi connectivity index (χ0v) is 14.7. The summed E-state index contributed by atoms with van der Waals surface area (Å²) >= 11 is 1.53. The normalized spacial score (nSPS) is 10.6. The van der Waals surface area contributed by atoms with E-state index in [-0.39, 0.29) is 5.91 Å². The summed E-state index contributed by atoms with van der Waals surface area (Å²) in [6, 6.07) is 13.4. The molecule has 4 nitrogen and oxygen atoms in total. The second-order valence-corrected chi connectivity index (χ2v) is 6.53. The van der Waals surface area contributed by atoms with Gasteiger partial charge in [-0.05, 0) is 48.7 Å². The van der Waals surface area contributed by atoms with Crippen molar-refractivity contribution in [2.75, 3.05) is 6.61 Å². The molecule has 0 spiro atoms. The highest BCUT2D eigenvalue weighted by molar-refractivity contribution is 7.16. The van der Waals surface area contributed by atoms with Crippen LogP contribution in [0.3, 0.4) is 0 Å². The highest BCUT2D eigenvalue weighted by Crippen LogP contribution is 2.19. The standard InChI is InChI=1S/C20H20N2O2S/c1-2-3-4-10-24-17-7-5-6-15(11-17)13-21-20(23)16-8-9-18-19(12-16)25-14-22-18/h2,5-9,11-12,14H,1,3-4,10,13H2,(H,21,23). The Balaban J connectivity index is 1.57. The number of benzene rings is 2. The summed E-state index contributed by atoms with van der Waals surface area (Å²) in [4.78, 5) is 16.6. The lowest BCUT2D eigenvalue weighted by Gasteiger charge is -2.09. The summed E-state index contributed by atoms with van der Waals surface area (Å²) in [5, 5.41) is 2.95. The van der Waals surface area contributed by atoms with Crippen molar-refractivity contribution >= 4 is 27.5 Å². The number of allylic oxidation sites excluding steroid dienone is 1. The van der Waals surface area contributed by atoms with Crippen LogP contribution in [0, 0.1) is 0 Å². The van der Waals surface area contributed by atoms with Gasteiger partial charge in [0.05, 0.1) is 22.3 Å². The summed E-state index contributed by atoms with van der Waals surface area (Å²) < 4.78 is 6.73. The maximum Gasteiger partial charge on any atom is 0.251 e. The number of nitrogens with one attached hydrogen (secondary N) is 1. The Morgan fingerprint density at radius 2 is 2.20 bits per heavy atom. The molecule has 0 aliphatic heterocycles. The number of unbranched alkanes of at least 4 members (excludes halogenated alkanes) is 1. The SMILES string of the molecule is C=CCCCOc1cccc(CNC(=O)c2ccc3ncsc3c2)c1. The Hall–Kier alpha value is -2.66. The summed E-state index contributed by atoms with van der Waals surface area (Å²) in [6.07, 6.45) is 3.78. The molecule has 0 atom stereocenters. The number of ether oxygens (including phenoxy) is 1. The van der Waals surface area contributed by atoms with Gasteiger partial charge < -0.3 is 10.1 Å². The van der Waals surface area contributed by atoms with Crippen LogP contribution in [-0.4, -0.2) is 17.5 Å². The molecule has 128 valence electrons. The van der Waals surface area contributed by atoms with Crippen LogP contribution in [0.4, 0.5) is 0 Å². The fourth-order valence-corrected chi connectivity index (χ4v) is 3.16. The first-order valence-corrected chi connectivity index (χ1v) is 9.08. The number of thiazole rings is 1. The van der Waals surface area contributed by atoms with E-state index in [0.717, 1.165) is 34.4 Å². The van der Waals surface area contributed by atoms with Crippen molar-refractivity contribution in [3.8, 4) is 5.75 Å². The minimum absolute atomic E-state index is 0.0902. The number of hydrogen-bond acceptors (Lipinski definition) is 4. The average molecular weight is 352 g/mol. The molecule has 25 heavy (non-hydrogen) atoms. The Morgan fingerprint density at radius 1 is 1.28 bits per heavy atom. The number of carbonyl (C=O) groups is 1. The van der Waals surface area contributed by atoms with E-state index in [0.29, 0.717) is 18.7 Å². The van der Waals surface area contributed by atoms with Crippen LogP contribution in [0.15, 0.2) is 60.6 Å². The maximum atomic E-state index is 12.3. The second kappa shape index (κ2) is 8.44. The fraction of sp³-hybridized carbons (Fsp3) is 0.200. The molecule has 1 heterocycles. The molecular weight excluding hydrogens is 332 g/mol. The number of amides is 1. The summed E-state index contributed by atoms with van der Waals surface area (Å²) in [6.45, 7) is 4.83. The van der Waals surface area contributed by atoms with E-state index in [1.807, 2.05) is 42.5 Å². The number of fused-ring (bicyclic) bond motifs is 1. The Bertz CT molecular complexity index is 873. The molecule has 5 heteroatoms. The topological polar surface area (TPSA) is 51.2 Å². The molecule has 3 rings (SSSR count). The Kier molecular flexibility index (Phi) is 5.80. The van der Waals surface area contributed by atoms with Crippen molar-refractivity contribution < 1.29 is 9.53 Å². The van der Waals surface area contributed by atoms with Gasteiger partial charge in [-0.3, -0.25) is 4.79 Å². The number of carbonyl (C=O) groups excluding carboxylic acids is 1. The van der Waals surface area contributed by atoms with E-state index in [9.17, 15) is 4.79 Å². The van der Waals surface area contributed by atoms with Crippen LogP contribution >= 0.6 is 11.3 Å². The van der Waals surface area contributed by atoms with Gasteiger partial charge in [-0.15, -0.1) is 17.9 Å². The molecule has 0 aliphatic rings. The first-order chi connectivity index (χ1) is 12.3. The van der Waals surface area contributed by atoms with Crippen molar-refractivity contribution in [3.63, 3.8) is 0 Å². The van der Waals surface area contributed by atoms with Gasteiger partial charge in [-0.25, -0.2) is 4.98 Å². The van der Waals surface area contributed by atoms with Crippen LogP contribution in [0.5, 0.6) is 5.75 Å². The lowest BCUT2D eigenvalue weighted by atomic mass is 10.2. The minimum atomic E-state index is -0.0902. The highest BCUT2D eigenvalue weighted by atomic mass is 32.1. The first kappa shape index (κ1) is 17.2. The van der Waals surface area contributed by atoms with Gasteiger partial charge in [-0.1, -0.05) is 18.2 Å². The molecule has 1 aromatic heterocycles. The monoisotopic (exact) mass is 352 g/mol. The summed E-state index contributed by atoms with van der Waals surface area (Å²) in [5.41, 5.74) is 4.36. The number of hydrogen-bond donors (Lipinski definition) is 1. The Morgan fingerprint density at radius 3 is 3.08 bits per heavy atom.